The normalized spacial score (nSPS) is 11.5. The van der Waals surface area contributed by atoms with Crippen LogP contribution in [0, 0.1) is 0 Å². The van der Waals surface area contributed by atoms with Crippen LogP contribution in [-0.2, 0) is 0 Å². The maximum absolute atomic E-state index is 3.40. The number of hydrogen-bond acceptors (Lipinski definition) is 3. The van der Waals surface area contributed by atoms with Crippen molar-refractivity contribution in [3.63, 3.8) is 0 Å². The van der Waals surface area contributed by atoms with E-state index in [4.69, 9.17) is 0 Å². The molecular weight excluding hydrogens is 162 g/mol. The Morgan fingerprint density at radius 3 is 2.31 bits per heavy atom. The quantitative estimate of drug-likeness (QED) is 0.543. The van der Waals surface area contributed by atoms with Crippen molar-refractivity contribution in [1.82, 2.24) is 15.5 Å². The fourth-order valence-electron chi connectivity index (χ4n) is 1.10. The first-order valence-corrected chi connectivity index (χ1v) is 5.29. The number of nitrogens with one attached hydrogen (secondary N) is 2. The van der Waals surface area contributed by atoms with E-state index in [1.807, 2.05) is 0 Å². The molecule has 3 heteroatoms. The second-order valence-corrected chi connectivity index (χ2v) is 3.77. The lowest BCUT2D eigenvalue weighted by Crippen LogP contribution is -2.36. The molecule has 0 aromatic carbocycles. The van der Waals surface area contributed by atoms with E-state index in [2.05, 4.69) is 43.4 Å². The zero-order valence-electron chi connectivity index (χ0n) is 9.56. The molecule has 0 rings (SSSR count). The Morgan fingerprint density at radius 1 is 1.15 bits per heavy atom. The van der Waals surface area contributed by atoms with Crippen molar-refractivity contribution in [2.75, 3.05) is 39.8 Å². The molecule has 0 aliphatic carbocycles. The van der Waals surface area contributed by atoms with E-state index < -0.39 is 0 Å². The number of hydrogen-bond donors (Lipinski definition) is 2. The maximum Gasteiger partial charge on any atom is 0.0104 e. The van der Waals surface area contributed by atoms with Gasteiger partial charge in [-0.25, -0.2) is 0 Å². The van der Waals surface area contributed by atoms with Crippen molar-refractivity contribution < 1.29 is 0 Å². The average molecular weight is 187 g/mol. The van der Waals surface area contributed by atoms with Gasteiger partial charge in [0.05, 0.1) is 0 Å². The minimum Gasteiger partial charge on any atom is -0.316 e. The summed E-state index contributed by atoms with van der Waals surface area (Å²) >= 11 is 0. The molecule has 80 valence electrons. The summed E-state index contributed by atoms with van der Waals surface area (Å²) in [5.74, 6) is 0. The number of likely N-dealkylation sites (N-methyl/N-ethyl adjacent to an activating group) is 2. The molecule has 0 saturated carbocycles. The van der Waals surface area contributed by atoms with Gasteiger partial charge in [-0.15, -0.1) is 0 Å². The van der Waals surface area contributed by atoms with Gasteiger partial charge in [0.15, 0.2) is 0 Å². The van der Waals surface area contributed by atoms with Gasteiger partial charge < -0.3 is 15.5 Å². The topological polar surface area (TPSA) is 27.3 Å². The summed E-state index contributed by atoms with van der Waals surface area (Å²) in [5, 5.41) is 6.72. The predicted octanol–water partition coefficient (Wildman–Crippen LogP) is 0.526. The van der Waals surface area contributed by atoms with Gasteiger partial charge in [-0.3, -0.25) is 0 Å². The number of rotatable bonds is 8. The van der Waals surface area contributed by atoms with E-state index >= 15 is 0 Å². The van der Waals surface area contributed by atoms with Gasteiger partial charge in [0.25, 0.3) is 0 Å². The summed E-state index contributed by atoms with van der Waals surface area (Å²) in [6, 6.07) is 0.599. The van der Waals surface area contributed by atoms with E-state index in [1.165, 1.54) is 0 Å². The van der Waals surface area contributed by atoms with Gasteiger partial charge in [-0.05, 0) is 13.6 Å². The standard InChI is InChI=1S/C10H25N3/c1-5-11-6-8-13(4)9-7-12-10(2)3/h10-12H,5-9H2,1-4H3. The van der Waals surface area contributed by atoms with E-state index in [1.54, 1.807) is 0 Å². The van der Waals surface area contributed by atoms with Crippen LogP contribution in [-0.4, -0.2) is 50.7 Å². The second-order valence-electron chi connectivity index (χ2n) is 3.77. The second kappa shape index (κ2) is 8.48. The average Bonchev–Trinajstić information content (AvgIpc) is 2.04. The van der Waals surface area contributed by atoms with Crippen LogP contribution < -0.4 is 10.6 Å². The van der Waals surface area contributed by atoms with Crippen LogP contribution in [0.5, 0.6) is 0 Å². The molecule has 0 radical (unpaired) electrons. The summed E-state index contributed by atoms with van der Waals surface area (Å²) in [5.41, 5.74) is 0. The molecule has 0 saturated heterocycles. The van der Waals surface area contributed by atoms with Gasteiger partial charge in [-0.1, -0.05) is 20.8 Å². The summed E-state index contributed by atoms with van der Waals surface area (Å²) in [6.07, 6.45) is 0. The lowest BCUT2D eigenvalue weighted by Gasteiger charge is -2.17. The Morgan fingerprint density at radius 2 is 1.77 bits per heavy atom. The summed E-state index contributed by atoms with van der Waals surface area (Å²) in [7, 11) is 2.17. The van der Waals surface area contributed by atoms with Crippen LogP contribution in [0.25, 0.3) is 0 Å². The third-order valence-corrected chi connectivity index (χ3v) is 1.97. The molecule has 0 aromatic rings. The zero-order chi connectivity index (χ0) is 10.1. The SMILES string of the molecule is CCNCCN(C)CCNC(C)C. The molecule has 0 aromatic heterocycles. The molecule has 3 nitrogen and oxygen atoms in total. The minimum atomic E-state index is 0.599. The van der Waals surface area contributed by atoms with Crippen LogP contribution in [0.4, 0.5) is 0 Å². The highest BCUT2D eigenvalue weighted by Gasteiger charge is 1.97. The fraction of sp³-hybridized carbons (Fsp3) is 1.00. The smallest absolute Gasteiger partial charge is 0.0104 e. The van der Waals surface area contributed by atoms with Crippen molar-refractivity contribution >= 4 is 0 Å². The Balaban J connectivity index is 3.15. The third kappa shape index (κ3) is 9.80. The van der Waals surface area contributed by atoms with E-state index in [9.17, 15) is 0 Å². The Hall–Kier alpha value is -0.120. The van der Waals surface area contributed by atoms with E-state index in [0.717, 1.165) is 32.7 Å². The zero-order valence-corrected chi connectivity index (χ0v) is 9.56. The molecule has 2 N–H and O–H groups in total. The van der Waals surface area contributed by atoms with Gasteiger partial charge >= 0.3 is 0 Å². The predicted molar refractivity (Wildman–Crippen MR) is 59.2 cm³/mol. The monoisotopic (exact) mass is 187 g/mol. The van der Waals surface area contributed by atoms with Gasteiger partial charge in [0, 0.05) is 32.2 Å². The van der Waals surface area contributed by atoms with Crippen LogP contribution >= 0.6 is 0 Å². The fourth-order valence-corrected chi connectivity index (χ4v) is 1.10. The first-order valence-electron chi connectivity index (χ1n) is 5.29. The van der Waals surface area contributed by atoms with Crippen LogP contribution in [0.2, 0.25) is 0 Å². The summed E-state index contributed by atoms with van der Waals surface area (Å²) < 4.78 is 0. The molecule has 0 bridgehead atoms. The van der Waals surface area contributed by atoms with Crippen molar-refractivity contribution in [1.29, 1.82) is 0 Å². The molecule has 0 amide bonds. The first-order chi connectivity index (χ1) is 6.16. The Labute approximate surface area is 82.9 Å². The molecule has 0 heterocycles. The maximum atomic E-state index is 3.40. The third-order valence-electron chi connectivity index (χ3n) is 1.97. The summed E-state index contributed by atoms with van der Waals surface area (Å²) in [4.78, 5) is 2.35. The molecular formula is C10H25N3. The number of nitrogens with zero attached hydrogens (tertiary/aromatic N) is 1. The molecule has 0 spiro atoms. The molecule has 0 aliphatic heterocycles. The summed E-state index contributed by atoms with van der Waals surface area (Å²) in [6.45, 7) is 12.0. The molecule has 0 fully saturated rings. The molecule has 0 atom stereocenters. The molecule has 0 unspecified atom stereocenters. The first kappa shape index (κ1) is 12.9. The molecule has 0 aliphatic rings. The van der Waals surface area contributed by atoms with Crippen molar-refractivity contribution in [2.45, 2.75) is 26.8 Å². The van der Waals surface area contributed by atoms with Crippen molar-refractivity contribution in [3.8, 4) is 0 Å². The highest BCUT2D eigenvalue weighted by molar-refractivity contribution is 4.58. The highest BCUT2D eigenvalue weighted by Crippen LogP contribution is 1.81. The largest absolute Gasteiger partial charge is 0.316 e. The van der Waals surface area contributed by atoms with Crippen LogP contribution in [0.1, 0.15) is 20.8 Å². The van der Waals surface area contributed by atoms with Crippen LogP contribution in [0.3, 0.4) is 0 Å². The van der Waals surface area contributed by atoms with Crippen LogP contribution in [0.15, 0.2) is 0 Å². The lowest BCUT2D eigenvalue weighted by molar-refractivity contribution is 0.326. The molecule has 13 heavy (non-hydrogen) atoms. The highest BCUT2D eigenvalue weighted by atomic mass is 15.1. The Kier molecular flexibility index (Phi) is 8.40. The Bertz CT molecular complexity index is 104. The van der Waals surface area contributed by atoms with E-state index in [-0.39, 0.29) is 0 Å². The van der Waals surface area contributed by atoms with Gasteiger partial charge in [0.1, 0.15) is 0 Å². The van der Waals surface area contributed by atoms with Crippen molar-refractivity contribution in [2.24, 2.45) is 0 Å². The van der Waals surface area contributed by atoms with Gasteiger partial charge in [0.2, 0.25) is 0 Å². The minimum absolute atomic E-state index is 0.599. The lowest BCUT2D eigenvalue weighted by atomic mass is 10.4. The van der Waals surface area contributed by atoms with Crippen molar-refractivity contribution in [3.05, 3.63) is 0 Å². The van der Waals surface area contributed by atoms with E-state index in [0.29, 0.717) is 6.04 Å². The van der Waals surface area contributed by atoms with Gasteiger partial charge in [-0.2, -0.15) is 0 Å².